The van der Waals surface area contributed by atoms with Crippen molar-refractivity contribution in [2.75, 3.05) is 11.9 Å². The summed E-state index contributed by atoms with van der Waals surface area (Å²) in [5.74, 6) is 1.24. The molecule has 1 fully saturated rings. The van der Waals surface area contributed by atoms with E-state index in [2.05, 4.69) is 5.32 Å². The van der Waals surface area contributed by atoms with Crippen LogP contribution < -0.4 is 10.1 Å². The van der Waals surface area contributed by atoms with Crippen molar-refractivity contribution in [3.63, 3.8) is 0 Å². The van der Waals surface area contributed by atoms with Crippen LogP contribution in [0.3, 0.4) is 0 Å². The third-order valence-electron chi connectivity index (χ3n) is 5.13. The topological polar surface area (TPSA) is 58.6 Å². The minimum atomic E-state index is -0.119. The highest BCUT2D eigenvalue weighted by Crippen LogP contribution is 2.29. The van der Waals surface area contributed by atoms with E-state index in [4.69, 9.17) is 4.74 Å². The van der Waals surface area contributed by atoms with Crippen molar-refractivity contribution in [3.8, 4) is 11.5 Å². The summed E-state index contributed by atoms with van der Waals surface area (Å²) in [5, 5.41) is 2.93. The van der Waals surface area contributed by atoms with E-state index in [-0.39, 0.29) is 24.3 Å². The number of ether oxygens (including phenoxy) is 1. The van der Waals surface area contributed by atoms with Crippen molar-refractivity contribution in [1.29, 1.82) is 0 Å². The van der Waals surface area contributed by atoms with Crippen molar-refractivity contribution in [2.45, 2.75) is 51.5 Å². The van der Waals surface area contributed by atoms with Gasteiger partial charge in [-0.2, -0.15) is 0 Å². The van der Waals surface area contributed by atoms with Crippen molar-refractivity contribution in [3.05, 3.63) is 54.6 Å². The lowest BCUT2D eigenvalue weighted by molar-refractivity contribution is -0.132. The van der Waals surface area contributed by atoms with Crippen LogP contribution in [0.1, 0.15) is 45.4 Å². The number of hydrogen-bond acceptors (Lipinski definition) is 3. The van der Waals surface area contributed by atoms with Gasteiger partial charge in [-0.15, -0.1) is 0 Å². The number of anilines is 1. The van der Waals surface area contributed by atoms with Gasteiger partial charge in [0, 0.05) is 25.9 Å². The average molecular weight is 380 g/mol. The molecule has 0 aliphatic heterocycles. The fourth-order valence-electron chi connectivity index (χ4n) is 3.70. The van der Waals surface area contributed by atoms with Crippen molar-refractivity contribution in [2.24, 2.45) is 0 Å². The zero-order valence-corrected chi connectivity index (χ0v) is 16.4. The lowest BCUT2D eigenvalue weighted by Crippen LogP contribution is -2.41. The third kappa shape index (κ3) is 5.59. The van der Waals surface area contributed by atoms with E-state index in [1.165, 1.54) is 6.42 Å². The Bertz CT molecular complexity index is 785. The fraction of sp³-hybridized carbons (Fsp3) is 0.391. The molecule has 0 bridgehead atoms. The van der Waals surface area contributed by atoms with Gasteiger partial charge in [-0.1, -0.05) is 49.6 Å². The van der Waals surface area contributed by atoms with Gasteiger partial charge in [-0.25, -0.2) is 0 Å². The number of carbonyl (C=O) groups excluding carboxylic acids is 2. The molecule has 2 aromatic carbocycles. The Labute approximate surface area is 166 Å². The standard InChI is InChI=1S/C23H28N2O3/c1-18(26)25(19-10-4-2-5-11-19)17-16-23(27)24-21-14-8-9-15-22(21)28-20-12-6-3-7-13-20/h3,6-9,12-15,19H,2,4-5,10-11,16-17H2,1H3,(H,24,27). The Morgan fingerprint density at radius 1 is 1.00 bits per heavy atom. The second-order valence-electron chi connectivity index (χ2n) is 7.21. The minimum absolute atomic E-state index is 0.0486. The molecule has 1 saturated carbocycles. The Morgan fingerprint density at radius 2 is 1.68 bits per heavy atom. The fourth-order valence-corrected chi connectivity index (χ4v) is 3.70. The molecule has 0 saturated heterocycles. The lowest BCUT2D eigenvalue weighted by Gasteiger charge is -2.33. The molecule has 1 aliphatic carbocycles. The minimum Gasteiger partial charge on any atom is -0.455 e. The Balaban J connectivity index is 1.59. The first-order chi connectivity index (χ1) is 13.6. The van der Waals surface area contributed by atoms with Crippen LogP contribution in [-0.2, 0) is 9.59 Å². The summed E-state index contributed by atoms with van der Waals surface area (Å²) in [6.07, 6.45) is 5.90. The molecule has 5 heteroatoms. The zero-order chi connectivity index (χ0) is 19.8. The van der Waals surface area contributed by atoms with E-state index in [1.807, 2.05) is 59.5 Å². The molecule has 2 amide bonds. The number of benzene rings is 2. The number of para-hydroxylation sites is 3. The van der Waals surface area contributed by atoms with E-state index in [9.17, 15) is 9.59 Å². The second kappa shape index (κ2) is 9.93. The molecule has 0 heterocycles. The maximum Gasteiger partial charge on any atom is 0.226 e. The molecule has 3 rings (SSSR count). The quantitative estimate of drug-likeness (QED) is 0.736. The Hall–Kier alpha value is -2.82. The first-order valence-corrected chi connectivity index (χ1v) is 10.0. The van der Waals surface area contributed by atoms with Gasteiger partial charge < -0.3 is 15.0 Å². The molecule has 0 unspecified atom stereocenters. The largest absolute Gasteiger partial charge is 0.455 e. The van der Waals surface area contributed by atoms with Crippen molar-refractivity contribution in [1.82, 2.24) is 4.90 Å². The van der Waals surface area contributed by atoms with E-state index in [0.29, 0.717) is 23.7 Å². The van der Waals surface area contributed by atoms with Gasteiger partial charge in [0.05, 0.1) is 5.69 Å². The summed E-state index contributed by atoms with van der Waals surface area (Å²) in [6, 6.07) is 17.1. The zero-order valence-electron chi connectivity index (χ0n) is 16.4. The van der Waals surface area contributed by atoms with Crippen molar-refractivity contribution >= 4 is 17.5 Å². The first-order valence-electron chi connectivity index (χ1n) is 10.0. The van der Waals surface area contributed by atoms with E-state index in [1.54, 1.807) is 6.92 Å². The summed E-state index contributed by atoms with van der Waals surface area (Å²) in [7, 11) is 0. The first kappa shape index (κ1) is 19.9. The Morgan fingerprint density at radius 3 is 2.39 bits per heavy atom. The monoisotopic (exact) mass is 380 g/mol. The van der Waals surface area contributed by atoms with Gasteiger partial charge in [-0.05, 0) is 37.1 Å². The summed E-state index contributed by atoms with van der Waals surface area (Å²) in [4.78, 5) is 26.4. The molecule has 0 radical (unpaired) electrons. The molecule has 0 atom stereocenters. The summed E-state index contributed by atoms with van der Waals surface area (Å²) < 4.78 is 5.89. The Kier molecular flexibility index (Phi) is 7.06. The van der Waals surface area contributed by atoms with Crippen LogP contribution in [0.2, 0.25) is 0 Å². The van der Waals surface area contributed by atoms with Crippen LogP contribution in [0.5, 0.6) is 11.5 Å². The molecule has 28 heavy (non-hydrogen) atoms. The number of amides is 2. The molecule has 2 aromatic rings. The SMILES string of the molecule is CC(=O)N(CCC(=O)Nc1ccccc1Oc1ccccc1)C1CCCCC1. The summed E-state index contributed by atoms with van der Waals surface area (Å²) >= 11 is 0. The maximum absolute atomic E-state index is 12.5. The lowest BCUT2D eigenvalue weighted by atomic mass is 9.94. The van der Waals surface area contributed by atoms with Gasteiger partial charge in [0.25, 0.3) is 0 Å². The van der Waals surface area contributed by atoms with Crippen LogP contribution in [-0.4, -0.2) is 29.3 Å². The van der Waals surface area contributed by atoms with E-state index in [0.717, 1.165) is 25.7 Å². The van der Waals surface area contributed by atoms with Crippen LogP contribution in [0.25, 0.3) is 0 Å². The molecular formula is C23H28N2O3. The normalized spacial score (nSPS) is 14.3. The smallest absolute Gasteiger partial charge is 0.226 e. The number of carbonyl (C=O) groups is 2. The van der Waals surface area contributed by atoms with Gasteiger partial charge in [-0.3, -0.25) is 9.59 Å². The number of hydrogen-bond donors (Lipinski definition) is 1. The predicted octanol–water partition coefficient (Wildman–Crippen LogP) is 4.99. The second-order valence-corrected chi connectivity index (χ2v) is 7.21. The molecule has 5 nitrogen and oxygen atoms in total. The van der Waals surface area contributed by atoms with Crippen LogP contribution in [0.4, 0.5) is 5.69 Å². The van der Waals surface area contributed by atoms with Gasteiger partial charge >= 0.3 is 0 Å². The van der Waals surface area contributed by atoms with Gasteiger partial charge in [0.1, 0.15) is 5.75 Å². The van der Waals surface area contributed by atoms with E-state index >= 15 is 0 Å². The summed E-state index contributed by atoms with van der Waals surface area (Å²) in [6.45, 7) is 2.04. The molecule has 148 valence electrons. The van der Waals surface area contributed by atoms with Crippen LogP contribution in [0.15, 0.2) is 54.6 Å². The van der Waals surface area contributed by atoms with Crippen LogP contribution in [0, 0.1) is 0 Å². The average Bonchev–Trinajstić information content (AvgIpc) is 2.71. The summed E-state index contributed by atoms with van der Waals surface area (Å²) in [5.41, 5.74) is 0.628. The highest BCUT2D eigenvalue weighted by Gasteiger charge is 2.23. The maximum atomic E-state index is 12.5. The van der Waals surface area contributed by atoms with Crippen molar-refractivity contribution < 1.29 is 14.3 Å². The number of rotatable bonds is 7. The molecule has 0 spiro atoms. The molecule has 1 N–H and O–H groups in total. The highest BCUT2D eigenvalue weighted by atomic mass is 16.5. The predicted molar refractivity (Wildman–Crippen MR) is 110 cm³/mol. The van der Waals surface area contributed by atoms with E-state index < -0.39 is 0 Å². The van der Waals surface area contributed by atoms with Gasteiger partial charge in [0.15, 0.2) is 5.75 Å². The molecular weight excluding hydrogens is 352 g/mol. The third-order valence-corrected chi connectivity index (χ3v) is 5.13. The number of nitrogens with zero attached hydrogens (tertiary/aromatic N) is 1. The molecule has 1 aliphatic rings. The highest BCUT2D eigenvalue weighted by molar-refractivity contribution is 5.92. The number of nitrogens with one attached hydrogen (secondary N) is 1. The molecule has 0 aromatic heterocycles. The van der Waals surface area contributed by atoms with Gasteiger partial charge in [0.2, 0.25) is 11.8 Å². The van der Waals surface area contributed by atoms with Crippen LogP contribution >= 0.6 is 0 Å².